The number of rotatable bonds is 5. The summed E-state index contributed by atoms with van der Waals surface area (Å²) < 4.78 is 0. The van der Waals surface area contributed by atoms with Crippen molar-refractivity contribution in [3.05, 3.63) is 96.2 Å². The topological polar surface area (TPSA) is 3.24 Å². The fourth-order valence-electron chi connectivity index (χ4n) is 4.75. The van der Waals surface area contributed by atoms with E-state index in [1.807, 2.05) is 0 Å². The lowest BCUT2D eigenvalue weighted by Gasteiger charge is -2.40. The van der Waals surface area contributed by atoms with Gasteiger partial charge in [0.05, 0.1) is 0 Å². The molecule has 2 aromatic carbocycles. The van der Waals surface area contributed by atoms with Crippen molar-refractivity contribution in [1.82, 2.24) is 0 Å². The van der Waals surface area contributed by atoms with Gasteiger partial charge in [-0.1, -0.05) is 86.2 Å². The zero-order valence-electron chi connectivity index (χ0n) is 18.7. The zero-order valence-corrected chi connectivity index (χ0v) is 18.7. The molecule has 1 fully saturated rings. The SMILES string of the molecule is Cc1ccc(N(/C=C(/c2ccccc2)C2C=CC=CC2)C2CCC(C)(C)CC2)cc1. The van der Waals surface area contributed by atoms with Gasteiger partial charge >= 0.3 is 0 Å². The van der Waals surface area contributed by atoms with Crippen LogP contribution in [-0.4, -0.2) is 6.04 Å². The maximum Gasteiger partial charge on any atom is 0.0408 e. The van der Waals surface area contributed by atoms with E-state index in [9.17, 15) is 0 Å². The van der Waals surface area contributed by atoms with E-state index in [1.54, 1.807) is 0 Å². The fourth-order valence-corrected chi connectivity index (χ4v) is 4.75. The smallest absolute Gasteiger partial charge is 0.0408 e. The van der Waals surface area contributed by atoms with E-state index in [4.69, 9.17) is 0 Å². The molecule has 156 valence electrons. The number of nitrogens with zero attached hydrogens (tertiary/aromatic N) is 1. The summed E-state index contributed by atoms with van der Waals surface area (Å²) in [5.41, 5.74) is 5.85. The average Bonchev–Trinajstić information content (AvgIpc) is 2.77. The molecule has 4 rings (SSSR count). The van der Waals surface area contributed by atoms with Gasteiger partial charge < -0.3 is 4.90 Å². The molecule has 1 saturated carbocycles. The van der Waals surface area contributed by atoms with Gasteiger partial charge in [-0.15, -0.1) is 0 Å². The molecule has 2 aliphatic rings. The van der Waals surface area contributed by atoms with Gasteiger partial charge in [0, 0.05) is 23.8 Å². The van der Waals surface area contributed by atoms with Gasteiger partial charge in [0.2, 0.25) is 0 Å². The Labute approximate surface area is 182 Å². The highest BCUT2D eigenvalue weighted by Crippen LogP contribution is 2.40. The normalized spacial score (nSPS) is 21.6. The molecule has 2 aromatic rings. The Hall–Kier alpha value is -2.54. The summed E-state index contributed by atoms with van der Waals surface area (Å²) in [4.78, 5) is 2.59. The molecule has 0 amide bonds. The summed E-state index contributed by atoms with van der Waals surface area (Å²) in [5.74, 6) is 0.422. The van der Waals surface area contributed by atoms with Crippen molar-refractivity contribution < 1.29 is 0 Å². The van der Waals surface area contributed by atoms with Crippen LogP contribution in [0.15, 0.2) is 85.1 Å². The van der Waals surface area contributed by atoms with Gasteiger partial charge in [0.15, 0.2) is 0 Å². The van der Waals surface area contributed by atoms with Crippen molar-refractivity contribution >= 4 is 11.3 Å². The second-order valence-electron chi connectivity index (χ2n) is 9.74. The first-order valence-corrected chi connectivity index (χ1v) is 11.5. The summed E-state index contributed by atoms with van der Waals surface area (Å²) >= 11 is 0. The van der Waals surface area contributed by atoms with Crippen LogP contribution in [0.1, 0.15) is 57.1 Å². The molecule has 2 aliphatic carbocycles. The fraction of sp³-hybridized carbons (Fsp3) is 0.379. The van der Waals surface area contributed by atoms with Crippen LogP contribution in [0.4, 0.5) is 5.69 Å². The molecule has 30 heavy (non-hydrogen) atoms. The summed E-state index contributed by atoms with van der Waals surface area (Å²) in [7, 11) is 0. The summed E-state index contributed by atoms with van der Waals surface area (Å²) in [6.07, 6.45) is 17.6. The van der Waals surface area contributed by atoms with Crippen LogP contribution in [0.25, 0.3) is 5.57 Å². The molecule has 0 spiro atoms. The Morgan fingerprint density at radius 2 is 1.63 bits per heavy atom. The lowest BCUT2D eigenvalue weighted by molar-refractivity contribution is 0.224. The Morgan fingerprint density at radius 1 is 0.933 bits per heavy atom. The number of aryl methyl sites for hydroxylation is 1. The van der Waals surface area contributed by atoms with Crippen molar-refractivity contribution in [2.75, 3.05) is 4.90 Å². The minimum absolute atomic E-state index is 0.422. The van der Waals surface area contributed by atoms with Gasteiger partial charge in [-0.05, 0) is 67.7 Å². The summed E-state index contributed by atoms with van der Waals surface area (Å²) in [5, 5.41) is 0. The van der Waals surface area contributed by atoms with Crippen LogP contribution >= 0.6 is 0 Å². The quantitative estimate of drug-likeness (QED) is 0.495. The minimum atomic E-state index is 0.422. The third-order valence-corrected chi connectivity index (χ3v) is 6.80. The minimum Gasteiger partial charge on any atom is -0.345 e. The highest BCUT2D eigenvalue weighted by molar-refractivity contribution is 5.72. The van der Waals surface area contributed by atoms with Crippen LogP contribution in [0.2, 0.25) is 0 Å². The van der Waals surface area contributed by atoms with Crippen LogP contribution < -0.4 is 4.90 Å². The summed E-state index contributed by atoms with van der Waals surface area (Å²) in [6, 6.07) is 20.6. The monoisotopic (exact) mass is 397 g/mol. The molecule has 0 heterocycles. The number of hydrogen-bond donors (Lipinski definition) is 0. The predicted molar refractivity (Wildman–Crippen MR) is 131 cm³/mol. The van der Waals surface area contributed by atoms with Crippen LogP contribution in [-0.2, 0) is 0 Å². The molecular weight excluding hydrogens is 362 g/mol. The van der Waals surface area contributed by atoms with E-state index >= 15 is 0 Å². The highest BCUT2D eigenvalue weighted by atomic mass is 15.1. The lowest BCUT2D eigenvalue weighted by atomic mass is 9.75. The zero-order chi connectivity index (χ0) is 21.0. The molecule has 1 nitrogen and oxygen atoms in total. The average molecular weight is 398 g/mol. The van der Waals surface area contributed by atoms with E-state index in [-0.39, 0.29) is 0 Å². The maximum absolute atomic E-state index is 2.59. The second-order valence-corrected chi connectivity index (χ2v) is 9.74. The van der Waals surface area contributed by atoms with Crippen LogP contribution in [0, 0.1) is 18.3 Å². The Morgan fingerprint density at radius 3 is 2.27 bits per heavy atom. The number of benzene rings is 2. The van der Waals surface area contributed by atoms with E-state index < -0.39 is 0 Å². The lowest BCUT2D eigenvalue weighted by Crippen LogP contribution is -2.37. The predicted octanol–water partition coefficient (Wildman–Crippen LogP) is 7.94. The molecule has 0 N–H and O–H groups in total. The second kappa shape index (κ2) is 9.08. The van der Waals surface area contributed by atoms with E-state index in [0.29, 0.717) is 17.4 Å². The van der Waals surface area contributed by atoms with Crippen molar-refractivity contribution in [3.63, 3.8) is 0 Å². The molecule has 0 radical (unpaired) electrons. The molecule has 0 bridgehead atoms. The molecule has 1 heteroatoms. The Bertz CT molecular complexity index is 905. The molecule has 1 atom stereocenters. The molecule has 0 aromatic heterocycles. The third-order valence-electron chi connectivity index (χ3n) is 6.80. The Kier molecular flexibility index (Phi) is 6.27. The van der Waals surface area contributed by atoms with Gasteiger partial charge in [-0.25, -0.2) is 0 Å². The molecule has 0 aliphatic heterocycles. The van der Waals surface area contributed by atoms with Crippen molar-refractivity contribution in [2.24, 2.45) is 11.3 Å². The first-order chi connectivity index (χ1) is 14.5. The van der Waals surface area contributed by atoms with Crippen molar-refractivity contribution in [2.45, 2.75) is 58.9 Å². The van der Waals surface area contributed by atoms with E-state index in [1.165, 1.54) is 48.1 Å². The highest BCUT2D eigenvalue weighted by Gasteiger charge is 2.30. The van der Waals surface area contributed by atoms with Crippen LogP contribution in [0.5, 0.6) is 0 Å². The molecule has 0 saturated heterocycles. The van der Waals surface area contributed by atoms with Gasteiger partial charge in [0.1, 0.15) is 0 Å². The Balaban J connectivity index is 1.75. The maximum atomic E-state index is 2.59. The largest absolute Gasteiger partial charge is 0.345 e. The van der Waals surface area contributed by atoms with Gasteiger partial charge in [-0.3, -0.25) is 0 Å². The van der Waals surface area contributed by atoms with Crippen LogP contribution in [0.3, 0.4) is 0 Å². The number of anilines is 1. The third kappa shape index (κ3) is 4.95. The van der Waals surface area contributed by atoms with E-state index in [2.05, 4.69) is 111 Å². The van der Waals surface area contributed by atoms with Gasteiger partial charge in [-0.2, -0.15) is 0 Å². The van der Waals surface area contributed by atoms with Crippen molar-refractivity contribution in [3.8, 4) is 0 Å². The molecule has 1 unspecified atom stereocenters. The standard InChI is InChI=1S/C29H35N/c1-23-14-16-26(17-15-23)30(27-18-20-29(2,3)21-19-27)22-28(24-10-6-4-7-11-24)25-12-8-5-9-13-25/h4-12,14-17,22,25,27H,13,18-21H2,1-3H3/b28-22-. The van der Waals surface area contributed by atoms with Crippen molar-refractivity contribution in [1.29, 1.82) is 0 Å². The van der Waals surface area contributed by atoms with E-state index in [0.717, 1.165) is 6.42 Å². The number of allylic oxidation sites excluding steroid dienone is 5. The van der Waals surface area contributed by atoms with Gasteiger partial charge in [0.25, 0.3) is 0 Å². The number of hydrogen-bond acceptors (Lipinski definition) is 1. The summed E-state index contributed by atoms with van der Waals surface area (Å²) in [6.45, 7) is 7.01. The first-order valence-electron chi connectivity index (χ1n) is 11.5. The molecular formula is C29H35N. The first kappa shape index (κ1) is 20.7.